The number of rotatable bonds is 3. The lowest BCUT2D eigenvalue weighted by molar-refractivity contribution is 0.290. The molecular weight excluding hydrogens is 275 g/mol. The van der Waals surface area contributed by atoms with Gasteiger partial charge in [0, 0.05) is 5.56 Å². The van der Waals surface area contributed by atoms with Crippen LogP contribution in [0.15, 0.2) is 42.5 Å². The summed E-state index contributed by atoms with van der Waals surface area (Å²) in [4.78, 5) is 0. The van der Waals surface area contributed by atoms with E-state index in [0.29, 0.717) is 12.2 Å². The first-order valence-corrected chi connectivity index (χ1v) is 6.75. The molecule has 0 saturated heterocycles. The van der Waals surface area contributed by atoms with Crippen LogP contribution in [-0.4, -0.2) is 5.88 Å². The number of aryl methyl sites for hydroxylation is 1. The molecule has 1 nitrogen and oxygen atoms in total. The van der Waals surface area contributed by atoms with Crippen molar-refractivity contribution in [1.82, 2.24) is 0 Å². The Morgan fingerprint density at radius 2 is 1.90 bits per heavy atom. The smallest absolute Gasteiger partial charge is 0.165 e. The molecule has 0 atom stereocenters. The molecule has 2 rings (SSSR count). The summed E-state index contributed by atoms with van der Waals surface area (Å²) < 4.78 is 19.2. The maximum absolute atomic E-state index is 13.7. The number of hydrogen-bond donors (Lipinski definition) is 0. The van der Waals surface area contributed by atoms with Gasteiger partial charge in [0.1, 0.15) is 6.61 Å². The highest BCUT2D eigenvalue weighted by Gasteiger charge is 2.04. The predicted octanol–water partition coefficient (Wildman–Crippen LogP) is 4.30. The summed E-state index contributed by atoms with van der Waals surface area (Å²) in [6.45, 7) is 2.34. The summed E-state index contributed by atoms with van der Waals surface area (Å²) in [7, 11) is 0. The van der Waals surface area contributed by atoms with Crippen molar-refractivity contribution < 1.29 is 9.13 Å². The van der Waals surface area contributed by atoms with Crippen LogP contribution in [0.25, 0.3) is 0 Å². The fourth-order valence-electron chi connectivity index (χ4n) is 1.67. The monoisotopic (exact) mass is 288 g/mol. The molecule has 0 spiro atoms. The van der Waals surface area contributed by atoms with Crippen molar-refractivity contribution >= 4 is 11.6 Å². The van der Waals surface area contributed by atoms with Gasteiger partial charge in [0.15, 0.2) is 11.6 Å². The molecule has 102 valence electrons. The van der Waals surface area contributed by atoms with Gasteiger partial charge in [-0.15, -0.1) is 11.6 Å². The summed E-state index contributed by atoms with van der Waals surface area (Å²) in [5, 5.41) is 0. The zero-order chi connectivity index (χ0) is 14.4. The third kappa shape index (κ3) is 4.01. The van der Waals surface area contributed by atoms with E-state index in [-0.39, 0.29) is 11.6 Å². The minimum absolute atomic E-state index is 0.201. The Morgan fingerprint density at radius 1 is 1.15 bits per heavy atom. The van der Waals surface area contributed by atoms with Crippen LogP contribution in [0.2, 0.25) is 0 Å². The Balaban J connectivity index is 2.10. The molecule has 0 radical (unpaired) electrons. The van der Waals surface area contributed by atoms with Crippen LogP contribution >= 0.6 is 11.6 Å². The van der Waals surface area contributed by atoms with E-state index in [2.05, 4.69) is 11.8 Å². The third-order valence-electron chi connectivity index (χ3n) is 2.75. The Labute approximate surface area is 123 Å². The third-order valence-corrected chi connectivity index (χ3v) is 2.88. The fraction of sp³-hybridized carbons (Fsp3) is 0.176. The van der Waals surface area contributed by atoms with Crippen molar-refractivity contribution in [3.05, 3.63) is 65.0 Å². The van der Waals surface area contributed by atoms with Gasteiger partial charge in [-0.1, -0.05) is 41.7 Å². The van der Waals surface area contributed by atoms with E-state index in [1.807, 2.05) is 31.2 Å². The van der Waals surface area contributed by atoms with E-state index in [1.54, 1.807) is 12.1 Å². The van der Waals surface area contributed by atoms with Gasteiger partial charge in [0.05, 0.1) is 5.88 Å². The maximum atomic E-state index is 13.7. The largest absolute Gasteiger partial charge is 0.486 e. The molecular formula is C17H14ClFO. The summed E-state index contributed by atoms with van der Waals surface area (Å²) in [6, 6.07) is 12.5. The standard InChI is InChI=1S/C17H14ClFO/c1-13-4-6-15(7-5-13)12-20-17-11-14(3-2-10-18)8-9-16(17)19/h4-9,11H,10,12H2,1H3. The molecule has 0 unspecified atom stereocenters. The lowest BCUT2D eigenvalue weighted by Gasteiger charge is -2.08. The molecule has 0 amide bonds. The average Bonchev–Trinajstić information content (AvgIpc) is 2.46. The second-order valence-electron chi connectivity index (χ2n) is 4.35. The normalized spacial score (nSPS) is 9.75. The van der Waals surface area contributed by atoms with E-state index in [0.717, 1.165) is 5.56 Å². The zero-order valence-electron chi connectivity index (χ0n) is 11.1. The van der Waals surface area contributed by atoms with Crippen molar-refractivity contribution in [2.45, 2.75) is 13.5 Å². The van der Waals surface area contributed by atoms with E-state index in [9.17, 15) is 4.39 Å². The SMILES string of the molecule is Cc1ccc(COc2cc(C#CCCl)ccc2F)cc1. The molecule has 0 aliphatic rings. The predicted molar refractivity (Wildman–Crippen MR) is 79.5 cm³/mol. The molecule has 0 aliphatic heterocycles. The number of hydrogen-bond acceptors (Lipinski definition) is 1. The average molecular weight is 289 g/mol. The molecule has 0 fully saturated rings. The Hall–Kier alpha value is -1.98. The summed E-state index contributed by atoms with van der Waals surface area (Å²) in [6.07, 6.45) is 0. The minimum atomic E-state index is -0.395. The van der Waals surface area contributed by atoms with Crippen LogP contribution < -0.4 is 4.74 Å². The first-order chi connectivity index (χ1) is 9.69. The maximum Gasteiger partial charge on any atom is 0.165 e. The van der Waals surface area contributed by atoms with Crippen LogP contribution in [0, 0.1) is 24.6 Å². The topological polar surface area (TPSA) is 9.23 Å². The van der Waals surface area contributed by atoms with Gasteiger partial charge in [-0.05, 0) is 30.7 Å². The highest BCUT2D eigenvalue weighted by molar-refractivity contribution is 6.19. The first-order valence-electron chi connectivity index (χ1n) is 6.22. The Morgan fingerprint density at radius 3 is 2.60 bits per heavy atom. The molecule has 2 aromatic carbocycles. The molecule has 0 bridgehead atoms. The van der Waals surface area contributed by atoms with Crippen LogP contribution in [0.4, 0.5) is 4.39 Å². The Kier molecular flexibility index (Phi) is 5.03. The highest BCUT2D eigenvalue weighted by atomic mass is 35.5. The van der Waals surface area contributed by atoms with E-state index in [4.69, 9.17) is 16.3 Å². The van der Waals surface area contributed by atoms with Crippen molar-refractivity contribution in [2.75, 3.05) is 5.88 Å². The molecule has 0 aromatic heterocycles. The highest BCUT2D eigenvalue weighted by Crippen LogP contribution is 2.20. The lowest BCUT2D eigenvalue weighted by Crippen LogP contribution is -1.98. The van der Waals surface area contributed by atoms with Crippen molar-refractivity contribution in [3.8, 4) is 17.6 Å². The van der Waals surface area contributed by atoms with Crippen LogP contribution in [0.1, 0.15) is 16.7 Å². The molecule has 0 aliphatic carbocycles. The number of alkyl halides is 1. The van der Waals surface area contributed by atoms with Gasteiger partial charge in [-0.2, -0.15) is 0 Å². The number of benzene rings is 2. The van der Waals surface area contributed by atoms with Gasteiger partial charge >= 0.3 is 0 Å². The zero-order valence-corrected chi connectivity index (χ0v) is 11.9. The summed E-state index contributed by atoms with van der Waals surface area (Å²) >= 11 is 5.50. The van der Waals surface area contributed by atoms with Crippen LogP contribution in [0.3, 0.4) is 0 Å². The van der Waals surface area contributed by atoms with Crippen molar-refractivity contribution in [3.63, 3.8) is 0 Å². The summed E-state index contributed by atoms with van der Waals surface area (Å²) in [5.41, 5.74) is 2.86. The van der Waals surface area contributed by atoms with E-state index in [1.165, 1.54) is 11.6 Å². The second-order valence-corrected chi connectivity index (χ2v) is 4.62. The minimum Gasteiger partial charge on any atom is -0.486 e. The van der Waals surface area contributed by atoms with Crippen LogP contribution in [-0.2, 0) is 6.61 Å². The van der Waals surface area contributed by atoms with Crippen LogP contribution in [0.5, 0.6) is 5.75 Å². The summed E-state index contributed by atoms with van der Waals surface area (Å²) in [5.74, 6) is 5.62. The molecule has 3 heteroatoms. The van der Waals surface area contributed by atoms with Gasteiger partial charge < -0.3 is 4.74 Å². The lowest BCUT2D eigenvalue weighted by atomic mass is 10.1. The van der Waals surface area contributed by atoms with Crippen molar-refractivity contribution in [2.24, 2.45) is 0 Å². The van der Waals surface area contributed by atoms with E-state index < -0.39 is 5.82 Å². The first kappa shape index (κ1) is 14.4. The van der Waals surface area contributed by atoms with Crippen molar-refractivity contribution in [1.29, 1.82) is 0 Å². The quantitative estimate of drug-likeness (QED) is 0.604. The van der Waals surface area contributed by atoms with Gasteiger partial charge in [-0.25, -0.2) is 4.39 Å². The second kappa shape index (κ2) is 6.98. The number of ether oxygens (including phenoxy) is 1. The van der Waals surface area contributed by atoms with E-state index >= 15 is 0 Å². The molecule has 2 aromatic rings. The molecule has 0 N–H and O–H groups in total. The Bertz CT molecular complexity index is 638. The van der Waals surface area contributed by atoms with Gasteiger partial charge in [0.2, 0.25) is 0 Å². The number of halogens is 2. The van der Waals surface area contributed by atoms with Gasteiger partial charge in [-0.3, -0.25) is 0 Å². The molecule has 0 heterocycles. The fourth-order valence-corrected chi connectivity index (χ4v) is 1.74. The molecule has 0 saturated carbocycles. The molecule has 20 heavy (non-hydrogen) atoms. The van der Waals surface area contributed by atoms with Gasteiger partial charge in [0.25, 0.3) is 0 Å².